The van der Waals surface area contributed by atoms with Gasteiger partial charge < -0.3 is 8.98 Å². The zero-order chi connectivity index (χ0) is 21.9. The maximum absolute atomic E-state index is 11.9. The maximum atomic E-state index is 11.9. The first-order valence-corrected chi connectivity index (χ1v) is 10.7. The highest BCUT2D eigenvalue weighted by Crippen LogP contribution is 2.37. The summed E-state index contributed by atoms with van der Waals surface area (Å²) in [4.78, 5) is 16.5. The van der Waals surface area contributed by atoms with Gasteiger partial charge in [0.05, 0.1) is 16.6 Å². The largest absolute Gasteiger partial charge is 0.423 e. The topological polar surface area (TPSA) is 64.8 Å². The minimum atomic E-state index is 0.231. The van der Waals surface area contributed by atoms with Crippen LogP contribution in [0.1, 0.15) is 0 Å². The molecule has 4 aromatic carbocycles. The molecule has 3 aromatic heterocycles. The summed E-state index contributed by atoms with van der Waals surface area (Å²) < 4.78 is 9.91. The molecule has 0 fully saturated rings. The predicted octanol–water partition coefficient (Wildman–Crippen LogP) is 7.24. The Bertz CT molecular complexity index is 1790. The number of oxazole rings is 1. The van der Waals surface area contributed by atoms with Crippen LogP contribution < -0.4 is 0 Å². The molecule has 0 amide bonds. The van der Waals surface area contributed by atoms with E-state index in [1.165, 1.54) is 10.8 Å². The van der Waals surface area contributed by atoms with Crippen LogP contribution in [0.3, 0.4) is 0 Å². The van der Waals surface area contributed by atoms with Crippen molar-refractivity contribution in [3.05, 3.63) is 102 Å². The van der Waals surface area contributed by atoms with Crippen molar-refractivity contribution in [2.24, 2.45) is 5.18 Å². The fraction of sp³-hybridized carbons (Fsp3) is 0. The van der Waals surface area contributed by atoms with Crippen LogP contribution in [-0.2, 0) is 0 Å². The minimum absolute atomic E-state index is 0.231. The average Bonchev–Trinajstić information content (AvgIpc) is 3.52. The van der Waals surface area contributed by atoms with E-state index in [0.29, 0.717) is 17.1 Å². The number of nitroso groups, excluding NO2 is 1. The predicted molar refractivity (Wildman–Crippen MR) is 130 cm³/mol. The minimum Gasteiger partial charge on any atom is -0.423 e. The lowest BCUT2D eigenvalue weighted by Gasteiger charge is -2.08. The van der Waals surface area contributed by atoms with Crippen molar-refractivity contribution in [2.75, 3.05) is 0 Å². The number of imidazole rings is 1. The van der Waals surface area contributed by atoms with Crippen molar-refractivity contribution in [3.63, 3.8) is 0 Å². The molecule has 3 heterocycles. The molecule has 33 heavy (non-hydrogen) atoms. The summed E-state index contributed by atoms with van der Waals surface area (Å²) in [7, 11) is 0. The molecule has 0 aliphatic rings. The van der Waals surface area contributed by atoms with E-state index in [1.807, 2.05) is 60.7 Å². The number of rotatable bonds is 3. The average molecular weight is 428 g/mol. The summed E-state index contributed by atoms with van der Waals surface area (Å²) in [6.45, 7) is 0. The lowest BCUT2D eigenvalue weighted by molar-refractivity contribution is 0.642. The number of hydrogen-bond donors (Lipinski definition) is 0. The number of aromatic nitrogens is 3. The fourth-order valence-electron chi connectivity index (χ4n) is 4.76. The van der Waals surface area contributed by atoms with Gasteiger partial charge in [0, 0.05) is 22.0 Å². The molecule has 156 valence electrons. The van der Waals surface area contributed by atoms with Crippen LogP contribution in [0.15, 0.2) is 107 Å². The van der Waals surface area contributed by atoms with Crippen LogP contribution in [0.4, 0.5) is 5.82 Å². The van der Waals surface area contributed by atoms with Gasteiger partial charge in [0.15, 0.2) is 5.58 Å². The summed E-state index contributed by atoms with van der Waals surface area (Å²) >= 11 is 0. The highest BCUT2D eigenvalue weighted by molar-refractivity contribution is 6.09. The monoisotopic (exact) mass is 428 g/mol. The van der Waals surface area contributed by atoms with E-state index < -0.39 is 0 Å². The Labute approximate surface area is 187 Å². The highest BCUT2D eigenvalue weighted by Gasteiger charge is 2.21. The van der Waals surface area contributed by atoms with Gasteiger partial charge in [-0.1, -0.05) is 66.7 Å². The Balaban J connectivity index is 1.55. The molecular formula is C27H16N4O2. The molecule has 0 bridgehead atoms. The Hall–Kier alpha value is -4.71. The van der Waals surface area contributed by atoms with Crippen LogP contribution >= 0.6 is 0 Å². The Morgan fingerprint density at radius 2 is 1.39 bits per heavy atom. The molecule has 0 unspecified atom stereocenters. The van der Waals surface area contributed by atoms with Gasteiger partial charge in [-0.05, 0) is 35.5 Å². The van der Waals surface area contributed by atoms with E-state index in [9.17, 15) is 4.91 Å². The molecule has 0 radical (unpaired) electrons. The van der Waals surface area contributed by atoms with E-state index in [-0.39, 0.29) is 5.82 Å². The quantitative estimate of drug-likeness (QED) is 0.279. The molecule has 0 atom stereocenters. The molecule has 0 saturated carbocycles. The second-order valence-corrected chi connectivity index (χ2v) is 7.98. The van der Waals surface area contributed by atoms with Crippen LogP contribution in [0.5, 0.6) is 0 Å². The van der Waals surface area contributed by atoms with Gasteiger partial charge in [0.2, 0.25) is 5.82 Å². The van der Waals surface area contributed by atoms with Gasteiger partial charge in [0.1, 0.15) is 5.69 Å². The van der Waals surface area contributed by atoms with Crippen molar-refractivity contribution in [2.45, 2.75) is 0 Å². The summed E-state index contributed by atoms with van der Waals surface area (Å²) in [5, 5.41) is 5.71. The van der Waals surface area contributed by atoms with Gasteiger partial charge in [0.25, 0.3) is 0 Å². The zero-order valence-corrected chi connectivity index (χ0v) is 17.3. The first-order chi connectivity index (χ1) is 16.3. The molecule has 7 aromatic rings. The lowest BCUT2D eigenvalue weighted by atomic mass is 10.1. The van der Waals surface area contributed by atoms with Crippen molar-refractivity contribution in [1.82, 2.24) is 14.0 Å². The summed E-state index contributed by atoms with van der Waals surface area (Å²) in [6, 6.07) is 32.2. The smallest absolute Gasteiger partial charge is 0.309 e. The number of para-hydroxylation sites is 2. The number of hydrogen-bond acceptors (Lipinski definition) is 4. The first kappa shape index (κ1) is 17.9. The molecule has 7 rings (SSSR count). The number of nitrogens with zero attached hydrogens (tertiary/aromatic N) is 4. The van der Waals surface area contributed by atoms with E-state index >= 15 is 0 Å². The molecular weight excluding hydrogens is 412 g/mol. The van der Waals surface area contributed by atoms with E-state index in [4.69, 9.17) is 4.42 Å². The third kappa shape index (κ3) is 2.46. The second-order valence-electron chi connectivity index (χ2n) is 7.98. The molecule has 0 N–H and O–H groups in total. The van der Waals surface area contributed by atoms with E-state index in [2.05, 4.69) is 51.1 Å². The van der Waals surface area contributed by atoms with Gasteiger partial charge >= 0.3 is 5.84 Å². The second kappa shape index (κ2) is 6.64. The van der Waals surface area contributed by atoms with Crippen molar-refractivity contribution >= 4 is 44.6 Å². The molecule has 0 spiro atoms. The van der Waals surface area contributed by atoms with Gasteiger partial charge in [-0.3, -0.25) is 0 Å². The van der Waals surface area contributed by atoms with Gasteiger partial charge in [-0.2, -0.15) is 4.98 Å². The van der Waals surface area contributed by atoms with Crippen molar-refractivity contribution < 1.29 is 4.42 Å². The number of fused-ring (bicyclic) bond motifs is 6. The van der Waals surface area contributed by atoms with Crippen molar-refractivity contribution in [3.8, 4) is 16.9 Å². The summed E-state index contributed by atoms with van der Waals surface area (Å²) in [5.74, 6) is 0.576. The fourth-order valence-corrected chi connectivity index (χ4v) is 4.76. The highest BCUT2D eigenvalue weighted by atomic mass is 16.4. The lowest BCUT2D eigenvalue weighted by Crippen LogP contribution is -1.94. The van der Waals surface area contributed by atoms with Crippen LogP contribution in [0.2, 0.25) is 0 Å². The summed E-state index contributed by atoms with van der Waals surface area (Å²) in [6.07, 6.45) is 0. The Kier molecular flexibility index (Phi) is 3.61. The molecule has 0 aliphatic carbocycles. The van der Waals surface area contributed by atoms with E-state index in [1.54, 1.807) is 4.40 Å². The SMILES string of the molecule is O=Nc1c(-c2ccccc2)nc2oc3ccc(-n4c5ccccc5c5ccccc54)cc3n12. The van der Waals surface area contributed by atoms with Gasteiger partial charge in [-0.15, -0.1) is 4.91 Å². The Morgan fingerprint density at radius 1 is 0.727 bits per heavy atom. The molecule has 6 heteroatoms. The Morgan fingerprint density at radius 3 is 2.09 bits per heavy atom. The van der Waals surface area contributed by atoms with Crippen LogP contribution in [-0.4, -0.2) is 14.0 Å². The molecule has 0 aliphatic heterocycles. The standard InChI is InChI=1S/C27H16N4O2/c32-29-26-25(17-8-2-1-3-9-17)28-27-31(26)23-16-18(14-15-24(23)33-27)30-21-12-6-4-10-19(21)20-11-5-7-13-22(20)30/h1-16H. The summed E-state index contributed by atoms with van der Waals surface area (Å²) in [5.41, 5.74) is 5.91. The zero-order valence-electron chi connectivity index (χ0n) is 17.3. The van der Waals surface area contributed by atoms with Crippen molar-refractivity contribution in [1.29, 1.82) is 0 Å². The normalized spacial score (nSPS) is 11.8. The van der Waals surface area contributed by atoms with E-state index in [0.717, 1.165) is 27.8 Å². The van der Waals surface area contributed by atoms with Gasteiger partial charge in [-0.25, -0.2) is 4.40 Å². The first-order valence-electron chi connectivity index (χ1n) is 10.7. The third-order valence-corrected chi connectivity index (χ3v) is 6.18. The number of benzene rings is 4. The maximum Gasteiger partial charge on any atom is 0.309 e. The van der Waals surface area contributed by atoms with Crippen LogP contribution in [0, 0.1) is 4.91 Å². The molecule has 0 saturated heterocycles. The molecule has 6 nitrogen and oxygen atoms in total. The van der Waals surface area contributed by atoms with Crippen LogP contribution in [0.25, 0.3) is 55.7 Å². The third-order valence-electron chi connectivity index (χ3n) is 6.18.